The molecule has 30 heavy (non-hydrogen) atoms. The lowest BCUT2D eigenvalue weighted by Gasteiger charge is -2.11. The van der Waals surface area contributed by atoms with Crippen molar-refractivity contribution in [1.82, 2.24) is 14.8 Å². The van der Waals surface area contributed by atoms with Crippen LogP contribution in [0.1, 0.15) is 5.56 Å². The van der Waals surface area contributed by atoms with E-state index >= 15 is 0 Å². The molecule has 0 aliphatic heterocycles. The van der Waals surface area contributed by atoms with Crippen molar-refractivity contribution in [3.05, 3.63) is 88.9 Å². The lowest BCUT2D eigenvalue weighted by atomic mass is 10.2. The molecule has 1 N–H and O–H groups in total. The van der Waals surface area contributed by atoms with E-state index in [1.54, 1.807) is 0 Å². The summed E-state index contributed by atoms with van der Waals surface area (Å²) in [4.78, 5) is 12.5. The van der Waals surface area contributed by atoms with Crippen molar-refractivity contribution in [2.24, 2.45) is 0 Å². The van der Waals surface area contributed by atoms with Crippen molar-refractivity contribution >= 4 is 39.3 Å². The molecule has 0 unspecified atom stereocenters. The summed E-state index contributed by atoms with van der Waals surface area (Å²) in [6.07, 6.45) is 0. The van der Waals surface area contributed by atoms with Crippen LogP contribution in [-0.2, 0) is 4.79 Å². The van der Waals surface area contributed by atoms with Crippen molar-refractivity contribution in [3.8, 4) is 17.1 Å². The molecular formula is C23H19BrN4OS. The normalized spacial score (nSPS) is 10.7. The van der Waals surface area contributed by atoms with Crippen molar-refractivity contribution in [2.45, 2.75) is 12.1 Å². The number of aryl methyl sites for hydroxylation is 1. The fourth-order valence-corrected chi connectivity index (χ4v) is 4.11. The predicted octanol–water partition coefficient (Wildman–Crippen LogP) is 5.74. The zero-order valence-electron chi connectivity index (χ0n) is 16.2. The van der Waals surface area contributed by atoms with Gasteiger partial charge in [0, 0.05) is 21.4 Å². The summed E-state index contributed by atoms with van der Waals surface area (Å²) in [5.74, 6) is 0.873. The SMILES string of the molecule is Cc1ccc(-n2c(SCC(=O)Nc3cccc(Br)c3)nnc2-c2ccccc2)cc1. The number of amides is 1. The average molecular weight is 479 g/mol. The Labute approximate surface area is 187 Å². The fourth-order valence-electron chi connectivity index (χ4n) is 2.96. The van der Waals surface area contributed by atoms with E-state index in [-0.39, 0.29) is 11.7 Å². The zero-order valence-corrected chi connectivity index (χ0v) is 18.7. The van der Waals surface area contributed by atoms with E-state index in [2.05, 4.69) is 50.5 Å². The standard InChI is InChI=1S/C23H19BrN4OS/c1-16-10-12-20(13-11-16)28-22(17-6-3-2-4-7-17)26-27-23(28)30-15-21(29)25-19-9-5-8-18(24)14-19/h2-14H,15H2,1H3,(H,25,29). The number of benzene rings is 3. The van der Waals surface area contributed by atoms with E-state index in [0.29, 0.717) is 5.16 Å². The van der Waals surface area contributed by atoms with Gasteiger partial charge in [-0.15, -0.1) is 10.2 Å². The largest absolute Gasteiger partial charge is 0.325 e. The molecule has 4 aromatic rings. The maximum Gasteiger partial charge on any atom is 0.234 e. The molecule has 0 bridgehead atoms. The second kappa shape index (κ2) is 9.28. The summed E-state index contributed by atoms with van der Waals surface area (Å²) in [6, 6.07) is 25.6. The van der Waals surface area contributed by atoms with Gasteiger partial charge in [-0.1, -0.05) is 81.8 Å². The third-order valence-electron chi connectivity index (χ3n) is 4.40. The number of thioether (sulfide) groups is 1. The maximum absolute atomic E-state index is 12.5. The molecule has 0 radical (unpaired) electrons. The minimum absolute atomic E-state index is 0.0992. The number of hydrogen-bond acceptors (Lipinski definition) is 4. The van der Waals surface area contributed by atoms with Crippen LogP contribution in [0.2, 0.25) is 0 Å². The van der Waals surface area contributed by atoms with Crippen LogP contribution >= 0.6 is 27.7 Å². The van der Waals surface area contributed by atoms with Crippen LogP contribution in [0.5, 0.6) is 0 Å². The van der Waals surface area contributed by atoms with Gasteiger partial charge in [0.2, 0.25) is 5.91 Å². The zero-order chi connectivity index (χ0) is 20.9. The first-order valence-corrected chi connectivity index (χ1v) is 11.1. The number of nitrogens with zero attached hydrogens (tertiary/aromatic N) is 3. The number of halogens is 1. The molecule has 5 nitrogen and oxygen atoms in total. The Morgan fingerprint density at radius 3 is 2.50 bits per heavy atom. The van der Waals surface area contributed by atoms with Crippen LogP contribution in [0.25, 0.3) is 17.1 Å². The first-order valence-electron chi connectivity index (χ1n) is 9.36. The molecule has 150 valence electrons. The van der Waals surface area contributed by atoms with Crippen LogP contribution in [0.4, 0.5) is 5.69 Å². The smallest absolute Gasteiger partial charge is 0.234 e. The maximum atomic E-state index is 12.5. The Morgan fingerprint density at radius 2 is 1.77 bits per heavy atom. The van der Waals surface area contributed by atoms with Crippen LogP contribution in [0.3, 0.4) is 0 Å². The van der Waals surface area contributed by atoms with Crippen LogP contribution in [-0.4, -0.2) is 26.4 Å². The van der Waals surface area contributed by atoms with E-state index < -0.39 is 0 Å². The summed E-state index contributed by atoms with van der Waals surface area (Å²) in [6.45, 7) is 2.05. The summed E-state index contributed by atoms with van der Waals surface area (Å²) in [5.41, 5.74) is 3.85. The Bertz CT molecular complexity index is 1160. The van der Waals surface area contributed by atoms with Crippen LogP contribution < -0.4 is 5.32 Å². The van der Waals surface area contributed by atoms with E-state index in [4.69, 9.17) is 0 Å². The molecule has 0 aliphatic carbocycles. The molecule has 4 rings (SSSR count). The summed E-state index contributed by atoms with van der Waals surface area (Å²) in [7, 11) is 0. The molecule has 0 saturated heterocycles. The molecule has 0 aliphatic rings. The number of nitrogens with one attached hydrogen (secondary N) is 1. The number of carbonyl (C=O) groups excluding carboxylic acids is 1. The predicted molar refractivity (Wildman–Crippen MR) is 125 cm³/mol. The van der Waals surface area contributed by atoms with Gasteiger partial charge in [-0.25, -0.2) is 0 Å². The number of rotatable bonds is 6. The molecule has 1 heterocycles. The van der Waals surface area contributed by atoms with Crippen molar-refractivity contribution in [1.29, 1.82) is 0 Å². The van der Waals surface area contributed by atoms with Gasteiger partial charge in [0.25, 0.3) is 0 Å². The Hall–Kier alpha value is -2.90. The summed E-state index contributed by atoms with van der Waals surface area (Å²) >= 11 is 4.77. The third kappa shape index (κ3) is 4.80. The minimum Gasteiger partial charge on any atom is -0.325 e. The van der Waals surface area contributed by atoms with Crippen LogP contribution in [0, 0.1) is 6.92 Å². The van der Waals surface area contributed by atoms with Crippen molar-refractivity contribution in [3.63, 3.8) is 0 Å². The van der Waals surface area contributed by atoms with E-state index in [0.717, 1.165) is 27.2 Å². The fraction of sp³-hybridized carbons (Fsp3) is 0.0870. The van der Waals surface area contributed by atoms with Gasteiger partial charge < -0.3 is 5.32 Å². The first kappa shape index (κ1) is 20.4. The quantitative estimate of drug-likeness (QED) is 0.359. The lowest BCUT2D eigenvalue weighted by Crippen LogP contribution is -2.14. The second-order valence-corrected chi connectivity index (χ2v) is 8.55. The van der Waals surface area contributed by atoms with Crippen molar-refractivity contribution in [2.75, 3.05) is 11.1 Å². The molecule has 0 spiro atoms. The van der Waals surface area contributed by atoms with Gasteiger partial charge in [-0.3, -0.25) is 9.36 Å². The molecule has 7 heteroatoms. The van der Waals surface area contributed by atoms with E-state index in [1.807, 2.05) is 71.3 Å². The molecule has 3 aromatic carbocycles. The highest BCUT2D eigenvalue weighted by Gasteiger charge is 2.17. The van der Waals surface area contributed by atoms with Gasteiger partial charge in [-0.2, -0.15) is 0 Å². The number of aromatic nitrogens is 3. The van der Waals surface area contributed by atoms with E-state index in [9.17, 15) is 4.79 Å². The topological polar surface area (TPSA) is 59.8 Å². The van der Waals surface area contributed by atoms with Gasteiger partial charge in [-0.05, 0) is 37.3 Å². The highest BCUT2D eigenvalue weighted by Crippen LogP contribution is 2.28. The third-order valence-corrected chi connectivity index (χ3v) is 5.82. The molecule has 1 amide bonds. The molecule has 0 saturated carbocycles. The summed E-state index contributed by atoms with van der Waals surface area (Å²) in [5, 5.41) is 12.4. The molecular weight excluding hydrogens is 460 g/mol. The van der Waals surface area contributed by atoms with E-state index in [1.165, 1.54) is 17.3 Å². The Kier molecular flexibility index (Phi) is 6.30. The summed E-state index contributed by atoms with van der Waals surface area (Å²) < 4.78 is 2.91. The van der Waals surface area contributed by atoms with Gasteiger partial charge in [0.1, 0.15) is 0 Å². The highest BCUT2D eigenvalue weighted by molar-refractivity contribution is 9.10. The van der Waals surface area contributed by atoms with Crippen LogP contribution in [0.15, 0.2) is 88.5 Å². The monoisotopic (exact) mass is 478 g/mol. The van der Waals surface area contributed by atoms with Gasteiger partial charge in [0.05, 0.1) is 5.75 Å². The molecule has 0 fully saturated rings. The average Bonchev–Trinajstić information content (AvgIpc) is 3.17. The lowest BCUT2D eigenvalue weighted by molar-refractivity contribution is -0.113. The number of carbonyl (C=O) groups is 1. The highest BCUT2D eigenvalue weighted by atomic mass is 79.9. The molecule has 1 aromatic heterocycles. The van der Waals surface area contributed by atoms with Crippen molar-refractivity contribution < 1.29 is 4.79 Å². The Balaban J connectivity index is 1.59. The minimum atomic E-state index is -0.0992. The second-order valence-electron chi connectivity index (χ2n) is 6.69. The molecule has 0 atom stereocenters. The Morgan fingerprint density at radius 1 is 1.00 bits per heavy atom. The number of hydrogen-bond donors (Lipinski definition) is 1. The first-order chi connectivity index (χ1) is 14.6. The van der Waals surface area contributed by atoms with Gasteiger partial charge in [0.15, 0.2) is 11.0 Å². The van der Waals surface area contributed by atoms with Gasteiger partial charge >= 0.3 is 0 Å². The number of anilines is 1.